The number of likely N-dealkylation sites (N-methyl/N-ethyl adjacent to an activating group) is 1. The molecular formula is C12H13N3O. The highest BCUT2D eigenvalue weighted by molar-refractivity contribution is 6.00. The lowest BCUT2D eigenvalue weighted by Crippen LogP contribution is -2.24. The molecule has 1 aliphatic heterocycles. The first-order chi connectivity index (χ1) is 7.83. The Labute approximate surface area is 94.3 Å². The maximum atomic E-state index is 10.1. The van der Waals surface area contributed by atoms with Gasteiger partial charge in [0.05, 0.1) is 13.1 Å². The molecule has 0 bridgehead atoms. The van der Waals surface area contributed by atoms with Crippen molar-refractivity contribution in [2.24, 2.45) is 9.98 Å². The SMILES string of the molecule is CN1CCN=C1c1ccccc1CN=C=O. The van der Waals surface area contributed by atoms with Crippen LogP contribution in [0.25, 0.3) is 0 Å². The number of carbonyl (C=O) groups excluding carboxylic acids is 1. The largest absolute Gasteiger partial charge is 0.358 e. The van der Waals surface area contributed by atoms with Crippen molar-refractivity contribution >= 4 is 11.9 Å². The van der Waals surface area contributed by atoms with Crippen molar-refractivity contribution in [3.8, 4) is 0 Å². The Morgan fingerprint density at radius 3 is 3.00 bits per heavy atom. The second-order valence-corrected chi connectivity index (χ2v) is 3.69. The lowest BCUT2D eigenvalue weighted by molar-refractivity contribution is 0.556. The van der Waals surface area contributed by atoms with E-state index in [-0.39, 0.29) is 0 Å². The van der Waals surface area contributed by atoms with Crippen molar-refractivity contribution in [3.63, 3.8) is 0 Å². The molecule has 0 fully saturated rings. The van der Waals surface area contributed by atoms with Gasteiger partial charge in [-0.25, -0.2) is 9.79 Å². The number of amidine groups is 1. The molecule has 1 heterocycles. The molecule has 0 amide bonds. The predicted molar refractivity (Wildman–Crippen MR) is 62.3 cm³/mol. The minimum atomic E-state index is 0.368. The van der Waals surface area contributed by atoms with E-state index in [2.05, 4.69) is 14.9 Å². The van der Waals surface area contributed by atoms with Crippen LogP contribution in [0.4, 0.5) is 0 Å². The normalized spacial score (nSPS) is 14.6. The van der Waals surface area contributed by atoms with E-state index in [9.17, 15) is 4.79 Å². The molecule has 0 N–H and O–H groups in total. The topological polar surface area (TPSA) is 45.0 Å². The molecule has 2 rings (SSSR count). The molecule has 0 unspecified atom stereocenters. The minimum Gasteiger partial charge on any atom is -0.358 e. The fourth-order valence-electron chi connectivity index (χ4n) is 1.82. The van der Waals surface area contributed by atoms with E-state index in [0.29, 0.717) is 6.54 Å². The molecule has 0 radical (unpaired) electrons. The molecule has 4 heteroatoms. The van der Waals surface area contributed by atoms with E-state index in [1.165, 1.54) is 0 Å². The summed E-state index contributed by atoms with van der Waals surface area (Å²) in [5.41, 5.74) is 2.07. The molecule has 1 aromatic rings. The Hall–Kier alpha value is -1.93. The second kappa shape index (κ2) is 4.73. The lowest BCUT2D eigenvalue weighted by Gasteiger charge is -2.15. The van der Waals surface area contributed by atoms with Gasteiger partial charge in [-0.2, -0.15) is 0 Å². The summed E-state index contributed by atoms with van der Waals surface area (Å²) in [6.45, 7) is 2.14. The van der Waals surface area contributed by atoms with E-state index in [1.54, 1.807) is 6.08 Å². The van der Waals surface area contributed by atoms with Crippen molar-refractivity contribution in [2.75, 3.05) is 20.1 Å². The molecule has 82 valence electrons. The highest BCUT2D eigenvalue weighted by Crippen LogP contribution is 2.15. The van der Waals surface area contributed by atoms with Gasteiger partial charge in [-0.3, -0.25) is 4.99 Å². The van der Waals surface area contributed by atoms with Gasteiger partial charge in [-0.05, 0) is 5.56 Å². The van der Waals surface area contributed by atoms with Gasteiger partial charge in [0.2, 0.25) is 6.08 Å². The second-order valence-electron chi connectivity index (χ2n) is 3.69. The van der Waals surface area contributed by atoms with Crippen LogP contribution >= 0.6 is 0 Å². The van der Waals surface area contributed by atoms with E-state index >= 15 is 0 Å². The van der Waals surface area contributed by atoms with Crippen LogP contribution in [0.1, 0.15) is 11.1 Å². The van der Waals surface area contributed by atoms with Gasteiger partial charge in [0, 0.05) is 19.2 Å². The Morgan fingerprint density at radius 2 is 2.31 bits per heavy atom. The van der Waals surface area contributed by atoms with Gasteiger partial charge in [0.15, 0.2) is 0 Å². The number of isocyanates is 1. The molecule has 0 saturated carbocycles. The number of nitrogens with zero attached hydrogens (tertiary/aromatic N) is 3. The van der Waals surface area contributed by atoms with Crippen molar-refractivity contribution < 1.29 is 4.79 Å². The first-order valence-electron chi connectivity index (χ1n) is 5.20. The van der Waals surface area contributed by atoms with Crippen LogP contribution in [-0.4, -0.2) is 37.0 Å². The summed E-state index contributed by atoms with van der Waals surface area (Å²) in [5.74, 6) is 0.983. The van der Waals surface area contributed by atoms with Gasteiger partial charge < -0.3 is 4.90 Å². The molecule has 0 spiro atoms. The van der Waals surface area contributed by atoms with Gasteiger partial charge in [-0.1, -0.05) is 24.3 Å². The fourth-order valence-corrected chi connectivity index (χ4v) is 1.82. The monoisotopic (exact) mass is 215 g/mol. The van der Waals surface area contributed by atoms with Crippen molar-refractivity contribution in [3.05, 3.63) is 35.4 Å². The van der Waals surface area contributed by atoms with Crippen molar-refractivity contribution in [1.29, 1.82) is 0 Å². The molecule has 1 aromatic carbocycles. The smallest absolute Gasteiger partial charge is 0.235 e. The number of rotatable bonds is 3. The summed E-state index contributed by atoms with van der Waals surface area (Å²) in [6.07, 6.45) is 1.57. The Morgan fingerprint density at radius 1 is 1.50 bits per heavy atom. The molecule has 16 heavy (non-hydrogen) atoms. The summed E-state index contributed by atoms with van der Waals surface area (Å²) in [4.78, 5) is 20.3. The predicted octanol–water partition coefficient (Wildman–Crippen LogP) is 1.21. The Bertz CT molecular complexity index is 461. The Balaban J connectivity index is 2.36. The third-order valence-electron chi connectivity index (χ3n) is 2.63. The summed E-state index contributed by atoms with van der Waals surface area (Å²) in [5, 5.41) is 0. The maximum Gasteiger partial charge on any atom is 0.235 e. The first-order valence-corrected chi connectivity index (χ1v) is 5.20. The molecular weight excluding hydrogens is 202 g/mol. The maximum absolute atomic E-state index is 10.1. The van der Waals surface area contributed by atoms with E-state index < -0.39 is 0 Å². The molecule has 0 aliphatic carbocycles. The van der Waals surface area contributed by atoms with Gasteiger partial charge in [-0.15, -0.1) is 0 Å². The van der Waals surface area contributed by atoms with E-state index in [0.717, 1.165) is 30.1 Å². The highest BCUT2D eigenvalue weighted by Gasteiger charge is 2.16. The highest BCUT2D eigenvalue weighted by atomic mass is 16.1. The lowest BCUT2D eigenvalue weighted by atomic mass is 10.1. The summed E-state index contributed by atoms with van der Waals surface area (Å²) in [6, 6.07) is 7.88. The molecule has 1 aliphatic rings. The zero-order chi connectivity index (χ0) is 11.4. The zero-order valence-electron chi connectivity index (χ0n) is 9.18. The number of aliphatic imine (C=N–C) groups is 2. The van der Waals surface area contributed by atoms with Gasteiger partial charge in [0.25, 0.3) is 0 Å². The average Bonchev–Trinajstić information content (AvgIpc) is 2.73. The van der Waals surface area contributed by atoms with Crippen LogP contribution in [0.3, 0.4) is 0 Å². The van der Waals surface area contributed by atoms with Crippen LogP contribution in [-0.2, 0) is 11.3 Å². The zero-order valence-corrected chi connectivity index (χ0v) is 9.18. The summed E-state index contributed by atoms with van der Waals surface area (Å²) < 4.78 is 0. The number of benzene rings is 1. The Kier molecular flexibility index (Phi) is 3.13. The molecule has 0 atom stereocenters. The first kappa shape index (κ1) is 10.6. The van der Waals surface area contributed by atoms with Crippen LogP contribution in [0, 0.1) is 0 Å². The summed E-state index contributed by atoms with van der Waals surface area (Å²) >= 11 is 0. The van der Waals surface area contributed by atoms with Crippen LogP contribution in [0.15, 0.2) is 34.3 Å². The number of hydrogen-bond acceptors (Lipinski definition) is 4. The third-order valence-corrected chi connectivity index (χ3v) is 2.63. The molecule has 0 aromatic heterocycles. The van der Waals surface area contributed by atoms with E-state index in [1.807, 2.05) is 31.3 Å². The van der Waals surface area contributed by atoms with Crippen LogP contribution in [0.5, 0.6) is 0 Å². The van der Waals surface area contributed by atoms with Crippen molar-refractivity contribution in [2.45, 2.75) is 6.54 Å². The van der Waals surface area contributed by atoms with Gasteiger partial charge in [0.1, 0.15) is 5.84 Å². The van der Waals surface area contributed by atoms with Crippen LogP contribution in [0.2, 0.25) is 0 Å². The number of hydrogen-bond donors (Lipinski definition) is 0. The standard InChI is InChI=1S/C12H13N3O/c1-15-7-6-14-12(15)11-5-3-2-4-10(11)8-13-9-16/h2-5H,6-8H2,1H3. The molecule has 4 nitrogen and oxygen atoms in total. The average molecular weight is 215 g/mol. The van der Waals surface area contributed by atoms with Crippen molar-refractivity contribution in [1.82, 2.24) is 4.90 Å². The van der Waals surface area contributed by atoms with Crippen LogP contribution < -0.4 is 0 Å². The molecule has 0 saturated heterocycles. The quantitative estimate of drug-likeness (QED) is 0.562. The fraction of sp³-hybridized carbons (Fsp3) is 0.333. The minimum absolute atomic E-state index is 0.368. The van der Waals surface area contributed by atoms with Gasteiger partial charge >= 0.3 is 0 Å². The third kappa shape index (κ3) is 2.02. The van der Waals surface area contributed by atoms with E-state index in [4.69, 9.17) is 0 Å². The summed E-state index contributed by atoms with van der Waals surface area (Å²) in [7, 11) is 2.02.